The van der Waals surface area contributed by atoms with Crippen LogP contribution in [0.25, 0.3) is 0 Å². The number of thioether (sulfide) groups is 1. The normalized spacial score (nSPS) is 13.0. The van der Waals surface area contributed by atoms with Crippen molar-refractivity contribution in [2.24, 2.45) is 5.73 Å². The summed E-state index contributed by atoms with van der Waals surface area (Å²) in [6.45, 7) is 3.82. The zero-order valence-corrected chi connectivity index (χ0v) is 12.6. The number of nitrogens with two attached hydrogens (primary N) is 1. The molecule has 1 aromatic heterocycles. The third-order valence-electron chi connectivity index (χ3n) is 2.98. The summed E-state index contributed by atoms with van der Waals surface area (Å²) < 4.78 is 4.46. The van der Waals surface area contributed by atoms with Crippen molar-refractivity contribution < 1.29 is 19.1 Å². The van der Waals surface area contributed by atoms with Crippen LogP contribution in [-0.4, -0.2) is 45.5 Å². The minimum absolute atomic E-state index is 0.0999. The molecule has 0 aromatic carbocycles. The van der Waals surface area contributed by atoms with Crippen LogP contribution < -0.4 is 5.73 Å². The highest BCUT2D eigenvalue weighted by atomic mass is 32.2. The predicted octanol–water partition coefficient (Wildman–Crippen LogP) is 1.16. The van der Waals surface area contributed by atoms with Crippen LogP contribution in [0.3, 0.4) is 0 Å². The maximum atomic E-state index is 12.0. The monoisotopic (exact) mass is 300 g/mol. The molecule has 0 radical (unpaired) electrons. The molecule has 7 heteroatoms. The van der Waals surface area contributed by atoms with Gasteiger partial charge in [-0.1, -0.05) is 0 Å². The van der Waals surface area contributed by atoms with Crippen molar-refractivity contribution in [3.8, 4) is 0 Å². The van der Waals surface area contributed by atoms with E-state index in [0.29, 0.717) is 12.3 Å². The lowest BCUT2D eigenvalue weighted by Crippen LogP contribution is -2.47. The van der Waals surface area contributed by atoms with E-state index in [-0.39, 0.29) is 11.7 Å². The lowest BCUT2D eigenvalue weighted by atomic mass is 10.1. The molecule has 0 saturated heterocycles. The van der Waals surface area contributed by atoms with E-state index in [1.165, 1.54) is 16.7 Å². The summed E-state index contributed by atoms with van der Waals surface area (Å²) in [5.41, 5.74) is 5.61. The van der Waals surface area contributed by atoms with E-state index >= 15 is 0 Å². The lowest BCUT2D eigenvalue weighted by Gasteiger charge is -2.28. The summed E-state index contributed by atoms with van der Waals surface area (Å²) in [6.07, 6.45) is 1.55. The Labute approximate surface area is 122 Å². The number of aliphatic carboxylic acids is 1. The Bertz CT molecular complexity index is 459. The van der Waals surface area contributed by atoms with Gasteiger partial charge in [-0.3, -0.25) is 9.59 Å². The van der Waals surface area contributed by atoms with E-state index in [1.807, 2.05) is 0 Å². The van der Waals surface area contributed by atoms with Crippen molar-refractivity contribution in [2.45, 2.75) is 31.2 Å². The number of hydrogen-bond acceptors (Lipinski definition) is 5. The second-order valence-corrected chi connectivity index (χ2v) is 6.67. The van der Waals surface area contributed by atoms with Crippen LogP contribution in [0.4, 0.5) is 0 Å². The minimum Gasteiger partial charge on any atom is -0.480 e. The number of rotatable bonds is 7. The van der Waals surface area contributed by atoms with E-state index < -0.39 is 16.8 Å². The first-order chi connectivity index (χ1) is 9.24. The fourth-order valence-electron chi connectivity index (χ4n) is 1.47. The molecule has 3 N–H and O–H groups in total. The van der Waals surface area contributed by atoms with Crippen LogP contribution in [0.2, 0.25) is 0 Å². The number of nitrogens with zero attached hydrogens (tertiary/aromatic N) is 1. The first kappa shape index (κ1) is 16.6. The van der Waals surface area contributed by atoms with E-state index in [9.17, 15) is 9.59 Å². The number of carboxylic acid groups (broad SMARTS) is 1. The molecule has 1 heterocycles. The molecule has 0 unspecified atom stereocenters. The molecule has 1 rings (SSSR count). The molecule has 0 saturated carbocycles. The average molecular weight is 300 g/mol. The van der Waals surface area contributed by atoms with Gasteiger partial charge in [0.2, 0.25) is 5.91 Å². The Kier molecular flexibility index (Phi) is 5.64. The van der Waals surface area contributed by atoms with Gasteiger partial charge in [-0.2, -0.15) is 0 Å². The summed E-state index contributed by atoms with van der Waals surface area (Å²) >= 11 is 1.24. The molecular weight excluding hydrogens is 280 g/mol. The van der Waals surface area contributed by atoms with Gasteiger partial charge < -0.3 is 20.2 Å². The number of amides is 1. The number of carboxylic acids is 1. The van der Waals surface area contributed by atoms with E-state index in [1.54, 1.807) is 39.3 Å². The van der Waals surface area contributed by atoms with E-state index in [4.69, 9.17) is 15.3 Å². The van der Waals surface area contributed by atoms with Crippen molar-refractivity contribution in [3.05, 3.63) is 24.2 Å². The maximum absolute atomic E-state index is 12.0. The molecule has 0 fully saturated rings. The summed E-state index contributed by atoms with van der Waals surface area (Å²) in [7, 11) is 1.68. The van der Waals surface area contributed by atoms with Crippen LogP contribution >= 0.6 is 11.8 Å². The predicted molar refractivity (Wildman–Crippen MR) is 77.3 cm³/mol. The molecule has 20 heavy (non-hydrogen) atoms. The Hall–Kier alpha value is -1.47. The summed E-state index contributed by atoms with van der Waals surface area (Å²) in [5.74, 6) is -0.297. The number of carbonyl (C=O) groups is 2. The van der Waals surface area contributed by atoms with Gasteiger partial charge in [0.25, 0.3) is 0 Å². The number of hydrogen-bond donors (Lipinski definition) is 2. The van der Waals surface area contributed by atoms with Gasteiger partial charge in [0.15, 0.2) is 0 Å². The highest BCUT2D eigenvalue weighted by Crippen LogP contribution is 2.27. The molecule has 0 spiro atoms. The number of furan rings is 1. The SMILES string of the molecule is CN(Cc1ccco1)C(=O)CSC(C)(C)[C@H](N)C(=O)O. The third-order valence-corrected chi connectivity index (χ3v) is 4.37. The van der Waals surface area contributed by atoms with Gasteiger partial charge in [0.05, 0.1) is 18.6 Å². The van der Waals surface area contributed by atoms with Crippen molar-refractivity contribution in [1.29, 1.82) is 0 Å². The van der Waals surface area contributed by atoms with Gasteiger partial charge in [0, 0.05) is 11.8 Å². The quantitative estimate of drug-likeness (QED) is 0.784. The van der Waals surface area contributed by atoms with Crippen molar-refractivity contribution in [1.82, 2.24) is 4.90 Å². The Morgan fingerprint density at radius 1 is 1.55 bits per heavy atom. The molecule has 1 amide bonds. The lowest BCUT2D eigenvalue weighted by molar-refractivity contribution is -0.139. The first-order valence-corrected chi connectivity index (χ1v) is 7.11. The molecule has 0 aliphatic carbocycles. The van der Waals surface area contributed by atoms with Crippen LogP contribution in [0.1, 0.15) is 19.6 Å². The second-order valence-electron chi connectivity index (χ2n) is 5.04. The van der Waals surface area contributed by atoms with Crippen molar-refractivity contribution >= 4 is 23.6 Å². The zero-order valence-electron chi connectivity index (χ0n) is 11.8. The van der Waals surface area contributed by atoms with Crippen LogP contribution in [0.5, 0.6) is 0 Å². The summed E-state index contributed by atoms with van der Waals surface area (Å²) in [4.78, 5) is 24.4. The van der Waals surface area contributed by atoms with Gasteiger partial charge in [-0.25, -0.2) is 0 Å². The summed E-state index contributed by atoms with van der Waals surface area (Å²) in [5, 5.41) is 8.92. The van der Waals surface area contributed by atoms with Gasteiger partial charge in [-0.05, 0) is 26.0 Å². The third kappa shape index (κ3) is 4.57. The van der Waals surface area contributed by atoms with Gasteiger partial charge >= 0.3 is 5.97 Å². The second kappa shape index (κ2) is 6.81. The molecule has 0 bridgehead atoms. The Balaban J connectivity index is 2.48. The maximum Gasteiger partial charge on any atom is 0.321 e. The smallest absolute Gasteiger partial charge is 0.321 e. The van der Waals surface area contributed by atoms with Crippen LogP contribution in [0, 0.1) is 0 Å². The Morgan fingerprint density at radius 3 is 2.70 bits per heavy atom. The van der Waals surface area contributed by atoms with Crippen LogP contribution in [-0.2, 0) is 16.1 Å². The van der Waals surface area contributed by atoms with Crippen LogP contribution in [0.15, 0.2) is 22.8 Å². The van der Waals surface area contributed by atoms with Gasteiger partial charge in [-0.15, -0.1) is 11.8 Å². The number of carbonyl (C=O) groups excluding carboxylic acids is 1. The minimum atomic E-state index is -1.07. The Morgan fingerprint density at radius 2 is 2.20 bits per heavy atom. The largest absolute Gasteiger partial charge is 0.480 e. The van der Waals surface area contributed by atoms with Crippen molar-refractivity contribution in [2.75, 3.05) is 12.8 Å². The fraction of sp³-hybridized carbons (Fsp3) is 0.538. The zero-order chi connectivity index (χ0) is 15.3. The molecule has 1 aromatic rings. The first-order valence-electron chi connectivity index (χ1n) is 6.12. The van der Waals surface area contributed by atoms with E-state index in [0.717, 1.165) is 0 Å². The standard InChI is InChI=1S/C13H20N2O4S/c1-13(2,11(14)12(17)18)20-8-10(16)15(3)7-9-5-4-6-19-9/h4-6,11H,7-8,14H2,1-3H3,(H,17,18)/t11-/m1/s1. The topological polar surface area (TPSA) is 96.8 Å². The average Bonchev–Trinajstić information content (AvgIpc) is 2.87. The highest BCUT2D eigenvalue weighted by molar-refractivity contribution is 8.01. The molecule has 0 aliphatic rings. The van der Waals surface area contributed by atoms with Gasteiger partial charge in [0.1, 0.15) is 11.8 Å². The molecule has 112 valence electrons. The highest BCUT2D eigenvalue weighted by Gasteiger charge is 2.33. The van der Waals surface area contributed by atoms with Crippen molar-refractivity contribution in [3.63, 3.8) is 0 Å². The molecule has 1 atom stereocenters. The molecule has 6 nitrogen and oxygen atoms in total. The van der Waals surface area contributed by atoms with E-state index in [2.05, 4.69) is 0 Å². The molecular formula is C13H20N2O4S. The fourth-order valence-corrected chi connectivity index (χ4v) is 2.47. The molecule has 0 aliphatic heterocycles. The summed E-state index contributed by atoms with van der Waals surface area (Å²) in [6, 6.07) is 2.54.